The zero-order valence-corrected chi connectivity index (χ0v) is 17.5. The summed E-state index contributed by atoms with van der Waals surface area (Å²) < 4.78 is 6.05. The number of fused-ring (bicyclic) bond motifs is 1. The summed E-state index contributed by atoms with van der Waals surface area (Å²) in [6.45, 7) is 3.39. The average molecular weight is 392 g/mol. The summed E-state index contributed by atoms with van der Waals surface area (Å²) in [6.07, 6.45) is 3.35. The maximum absolute atomic E-state index is 6.05. The zero-order valence-electron chi connectivity index (χ0n) is 16.6. The highest BCUT2D eigenvalue weighted by molar-refractivity contribution is 7.99. The fourth-order valence-corrected chi connectivity index (χ4v) is 5.21. The van der Waals surface area contributed by atoms with Crippen molar-refractivity contribution in [1.82, 2.24) is 4.90 Å². The van der Waals surface area contributed by atoms with E-state index < -0.39 is 0 Å². The minimum absolute atomic E-state index is 0.000438. The zero-order chi connectivity index (χ0) is 19.2. The number of thioether (sulfide) groups is 1. The van der Waals surface area contributed by atoms with Gasteiger partial charge in [0.15, 0.2) is 0 Å². The Morgan fingerprint density at radius 2 is 1.61 bits per heavy atom. The van der Waals surface area contributed by atoms with E-state index in [0.29, 0.717) is 0 Å². The molecule has 146 valence electrons. The summed E-state index contributed by atoms with van der Waals surface area (Å²) in [6, 6.07) is 26.1. The molecule has 3 heteroatoms. The van der Waals surface area contributed by atoms with Crippen molar-refractivity contribution < 1.29 is 4.74 Å². The number of rotatable bonds is 7. The molecule has 0 N–H and O–H groups in total. The first-order chi connectivity index (χ1) is 13.8. The summed E-state index contributed by atoms with van der Waals surface area (Å²) in [4.78, 5) is 3.92. The molecule has 0 aromatic heterocycles. The van der Waals surface area contributed by atoms with Gasteiger partial charge in [-0.05, 0) is 47.7 Å². The van der Waals surface area contributed by atoms with E-state index in [1.54, 1.807) is 0 Å². The van der Waals surface area contributed by atoms with Crippen LogP contribution in [0, 0.1) is 0 Å². The van der Waals surface area contributed by atoms with Gasteiger partial charge in [-0.3, -0.25) is 0 Å². The van der Waals surface area contributed by atoms with Gasteiger partial charge in [0, 0.05) is 37.4 Å². The third kappa shape index (κ3) is 4.78. The molecule has 1 heterocycles. The lowest BCUT2D eigenvalue weighted by molar-refractivity contribution is -0.0385. The van der Waals surface area contributed by atoms with Gasteiger partial charge in [0.05, 0.1) is 5.60 Å². The topological polar surface area (TPSA) is 12.5 Å². The quantitative estimate of drug-likeness (QED) is 0.483. The molecule has 2 nitrogen and oxygen atoms in total. The van der Waals surface area contributed by atoms with Crippen LogP contribution in [0.4, 0.5) is 0 Å². The first kappa shape index (κ1) is 19.5. The molecule has 0 radical (unpaired) electrons. The van der Waals surface area contributed by atoms with Gasteiger partial charge in [-0.1, -0.05) is 60.7 Å². The Hall–Kier alpha value is -1.81. The molecule has 0 aliphatic carbocycles. The average Bonchev–Trinajstić information content (AvgIpc) is 2.77. The van der Waals surface area contributed by atoms with E-state index in [4.69, 9.17) is 4.74 Å². The molecule has 0 bridgehead atoms. The maximum Gasteiger partial charge on any atom is 0.0796 e. The molecule has 1 fully saturated rings. The van der Waals surface area contributed by atoms with Crippen molar-refractivity contribution in [3.05, 3.63) is 78.4 Å². The van der Waals surface area contributed by atoms with Crippen molar-refractivity contribution in [2.45, 2.75) is 29.8 Å². The van der Waals surface area contributed by atoms with Gasteiger partial charge < -0.3 is 9.64 Å². The molecule has 0 spiro atoms. The SMILES string of the molecule is COC1(CSc2ccc3ccccc3c2)CCN(CCc2ccccc2)CC1. The molecule has 0 atom stereocenters. The molecular weight excluding hydrogens is 362 g/mol. The molecule has 3 aromatic carbocycles. The first-order valence-corrected chi connectivity index (χ1v) is 11.2. The minimum atomic E-state index is -0.000438. The Labute approximate surface area is 172 Å². The molecule has 28 heavy (non-hydrogen) atoms. The molecule has 0 amide bonds. The lowest BCUT2D eigenvalue weighted by Crippen LogP contribution is -2.47. The fraction of sp³-hybridized carbons (Fsp3) is 0.360. The van der Waals surface area contributed by atoms with E-state index >= 15 is 0 Å². The number of hydrogen-bond acceptors (Lipinski definition) is 3. The highest BCUT2D eigenvalue weighted by atomic mass is 32.2. The van der Waals surface area contributed by atoms with Crippen molar-refractivity contribution in [2.24, 2.45) is 0 Å². The molecule has 1 aliphatic rings. The van der Waals surface area contributed by atoms with Gasteiger partial charge in [-0.15, -0.1) is 11.8 Å². The highest BCUT2D eigenvalue weighted by Crippen LogP contribution is 2.33. The normalized spacial score (nSPS) is 17.0. The van der Waals surface area contributed by atoms with Gasteiger partial charge in [0.2, 0.25) is 0 Å². The minimum Gasteiger partial charge on any atom is -0.377 e. The first-order valence-electron chi connectivity index (χ1n) is 10.2. The molecule has 1 aliphatic heterocycles. The second-order valence-electron chi connectivity index (χ2n) is 7.76. The molecule has 0 unspecified atom stereocenters. The van der Waals surface area contributed by atoms with Crippen LogP contribution in [-0.2, 0) is 11.2 Å². The number of methoxy groups -OCH3 is 1. The van der Waals surface area contributed by atoms with Gasteiger partial charge in [-0.2, -0.15) is 0 Å². The van der Waals surface area contributed by atoms with Crippen molar-refractivity contribution in [2.75, 3.05) is 32.5 Å². The van der Waals surface area contributed by atoms with Gasteiger partial charge >= 0.3 is 0 Å². The van der Waals surface area contributed by atoms with Crippen LogP contribution in [0.15, 0.2) is 77.7 Å². The van der Waals surface area contributed by atoms with E-state index in [-0.39, 0.29) is 5.60 Å². The Balaban J connectivity index is 1.31. The van der Waals surface area contributed by atoms with Gasteiger partial charge in [0.1, 0.15) is 0 Å². The van der Waals surface area contributed by atoms with Crippen molar-refractivity contribution >= 4 is 22.5 Å². The number of benzene rings is 3. The van der Waals surface area contributed by atoms with E-state index in [2.05, 4.69) is 77.7 Å². The second kappa shape index (κ2) is 9.13. The van der Waals surface area contributed by atoms with Crippen LogP contribution >= 0.6 is 11.8 Å². The molecule has 3 aromatic rings. The van der Waals surface area contributed by atoms with Crippen molar-refractivity contribution in [1.29, 1.82) is 0 Å². The van der Waals surface area contributed by atoms with Crippen LogP contribution in [0.2, 0.25) is 0 Å². The van der Waals surface area contributed by atoms with E-state index in [0.717, 1.165) is 44.6 Å². The standard InChI is InChI=1S/C25H29NOS/c1-27-25(20-28-24-12-11-22-9-5-6-10-23(22)19-24)14-17-26(18-15-25)16-13-21-7-3-2-4-8-21/h2-12,19H,13-18,20H2,1H3. The molecule has 1 saturated heterocycles. The third-order valence-electron chi connectivity index (χ3n) is 5.98. The predicted octanol–water partition coefficient (Wildman–Crippen LogP) is 5.66. The summed E-state index contributed by atoms with van der Waals surface area (Å²) >= 11 is 1.93. The lowest BCUT2D eigenvalue weighted by atomic mass is 9.93. The van der Waals surface area contributed by atoms with E-state index in [9.17, 15) is 0 Å². The van der Waals surface area contributed by atoms with Gasteiger partial charge in [-0.25, -0.2) is 0 Å². The molecule has 4 rings (SSSR count). The monoisotopic (exact) mass is 391 g/mol. The summed E-state index contributed by atoms with van der Waals surface area (Å²) in [7, 11) is 1.89. The summed E-state index contributed by atoms with van der Waals surface area (Å²) in [5.41, 5.74) is 1.43. The van der Waals surface area contributed by atoms with Crippen LogP contribution < -0.4 is 0 Å². The lowest BCUT2D eigenvalue weighted by Gasteiger charge is -2.40. The highest BCUT2D eigenvalue weighted by Gasteiger charge is 2.34. The van der Waals surface area contributed by atoms with Crippen LogP contribution in [-0.4, -0.2) is 43.0 Å². The van der Waals surface area contributed by atoms with E-state index in [1.807, 2.05) is 18.9 Å². The number of nitrogens with zero attached hydrogens (tertiary/aromatic N) is 1. The molecular formula is C25H29NOS. The second-order valence-corrected chi connectivity index (χ2v) is 8.81. The fourth-order valence-electron chi connectivity index (χ4n) is 4.00. The Morgan fingerprint density at radius 3 is 2.36 bits per heavy atom. The Kier molecular flexibility index (Phi) is 6.36. The van der Waals surface area contributed by atoms with E-state index in [1.165, 1.54) is 21.2 Å². The van der Waals surface area contributed by atoms with Gasteiger partial charge in [0.25, 0.3) is 0 Å². The number of hydrogen-bond donors (Lipinski definition) is 0. The Bertz CT molecular complexity index is 887. The van der Waals surface area contributed by atoms with Crippen molar-refractivity contribution in [3.63, 3.8) is 0 Å². The number of likely N-dealkylation sites (tertiary alicyclic amines) is 1. The Morgan fingerprint density at radius 1 is 0.893 bits per heavy atom. The molecule has 0 saturated carbocycles. The number of ether oxygens (including phenoxy) is 1. The van der Waals surface area contributed by atoms with Crippen LogP contribution in [0.1, 0.15) is 18.4 Å². The summed E-state index contributed by atoms with van der Waals surface area (Å²) in [5, 5.41) is 2.62. The van der Waals surface area contributed by atoms with Crippen LogP contribution in [0.25, 0.3) is 10.8 Å². The third-order valence-corrected chi connectivity index (χ3v) is 7.24. The number of piperidine rings is 1. The maximum atomic E-state index is 6.05. The van der Waals surface area contributed by atoms with Crippen LogP contribution in [0.3, 0.4) is 0 Å². The summed E-state index contributed by atoms with van der Waals surface area (Å²) in [5.74, 6) is 1.02. The van der Waals surface area contributed by atoms with Crippen LogP contribution in [0.5, 0.6) is 0 Å². The predicted molar refractivity (Wildman–Crippen MR) is 120 cm³/mol. The smallest absolute Gasteiger partial charge is 0.0796 e. The largest absolute Gasteiger partial charge is 0.377 e. The van der Waals surface area contributed by atoms with Crippen molar-refractivity contribution in [3.8, 4) is 0 Å².